The molecular formula is C15H21NO4. The minimum absolute atomic E-state index is 0.0111. The molecule has 0 aliphatic carbocycles. The standard InChI is InChI=1S/C15H21NO4/c1-18-12-6-5-11(10-14(12)19-2)7-8-16-15(17)13-4-3-9-20-13/h5-6,10,13H,3-4,7-9H2,1-2H3,(H,16,17). The summed E-state index contributed by atoms with van der Waals surface area (Å²) in [6, 6.07) is 5.77. The normalized spacial score (nSPS) is 17.8. The topological polar surface area (TPSA) is 56.8 Å². The van der Waals surface area contributed by atoms with E-state index in [1.165, 1.54) is 0 Å². The second kappa shape index (κ2) is 7.14. The Kier molecular flexibility index (Phi) is 5.24. The zero-order chi connectivity index (χ0) is 14.4. The van der Waals surface area contributed by atoms with Gasteiger partial charge in [-0.05, 0) is 37.0 Å². The predicted molar refractivity (Wildman–Crippen MR) is 75.2 cm³/mol. The number of ether oxygens (including phenoxy) is 3. The zero-order valence-corrected chi connectivity index (χ0v) is 12.0. The summed E-state index contributed by atoms with van der Waals surface area (Å²) in [6.45, 7) is 1.28. The van der Waals surface area contributed by atoms with Crippen molar-refractivity contribution in [3.63, 3.8) is 0 Å². The summed E-state index contributed by atoms with van der Waals surface area (Å²) in [5, 5.41) is 2.90. The first-order valence-electron chi connectivity index (χ1n) is 6.85. The molecule has 1 aromatic rings. The summed E-state index contributed by atoms with van der Waals surface area (Å²) in [7, 11) is 3.22. The summed E-state index contributed by atoms with van der Waals surface area (Å²) >= 11 is 0. The first kappa shape index (κ1) is 14.7. The molecule has 5 heteroatoms. The van der Waals surface area contributed by atoms with Gasteiger partial charge in [0.25, 0.3) is 0 Å². The van der Waals surface area contributed by atoms with E-state index in [0.717, 1.165) is 24.8 Å². The van der Waals surface area contributed by atoms with E-state index in [9.17, 15) is 4.79 Å². The van der Waals surface area contributed by atoms with Crippen molar-refractivity contribution in [2.24, 2.45) is 0 Å². The van der Waals surface area contributed by atoms with Gasteiger partial charge in [-0.2, -0.15) is 0 Å². The lowest BCUT2D eigenvalue weighted by molar-refractivity contribution is -0.129. The summed E-state index contributed by atoms with van der Waals surface area (Å²) in [5.74, 6) is 1.40. The second-order valence-electron chi connectivity index (χ2n) is 4.73. The Hall–Kier alpha value is -1.75. The van der Waals surface area contributed by atoms with Crippen molar-refractivity contribution in [3.8, 4) is 11.5 Å². The third kappa shape index (κ3) is 3.63. The van der Waals surface area contributed by atoms with Crippen molar-refractivity contribution >= 4 is 5.91 Å². The SMILES string of the molecule is COc1ccc(CCNC(=O)C2CCCO2)cc1OC. The molecule has 0 saturated carbocycles. The maximum atomic E-state index is 11.8. The number of nitrogens with one attached hydrogen (secondary N) is 1. The van der Waals surface area contributed by atoms with Crippen LogP contribution in [0, 0.1) is 0 Å². The first-order valence-corrected chi connectivity index (χ1v) is 6.85. The number of carbonyl (C=O) groups excluding carboxylic acids is 1. The molecule has 1 atom stereocenters. The fraction of sp³-hybridized carbons (Fsp3) is 0.533. The van der Waals surface area contributed by atoms with Gasteiger partial charge < -0.3 is 19.5 Å². The van der Waals surface area contributed by atoms with Gasteiger partial charge in [-0.3, -0.25) is 4.79 Å². The van der Waals surface area contributed by atoms with Gasteiger partial charge in [-0.15, -0.1) is 0 Å². The molecule has 1 aromatic carbocycles. The third-order valence-corrected chi connectivity index (χ3v) is 3.38. The van der Waals surface area contributed by atoms with E-state index in [2.05, 4.69) is 5.32 Å². The molecule has 1 heterocycles. The zero-order valence-electron chi connectivity index (χ0n) is 12.0. The molecule has 0 aromatic heterocycles. The van der Waals surface area contributed by atoms with Gasteiger partial charge in [0, 0.05) is 13.2 Å². The molecule has 0 spiro atoms. The number of rotatable bonds is 6. The van der Waals surface area contributed by atoms with Crippen LogP contribution in [-0.2, 0) is 16.0 Å². The summed E-state index contributed by atoms with van der Waals surface area (Å²) in [6.07, 6.45) is 2.27. The van der Waals surface area contributed by atoms with Crippen LogP contribution in [0.5, 0.6) is 11.5 Å². The molecule has 1 N–H and O–H groups in total. The van der Waals surface area contributed by atoms with Gasteiger partial charge in [0.1, 0.15) is 6.10 Å². The van der Waals surface area contributed by atoms with Crippen LogP contribution in [0.2, 0.25) is 0 Å². The highest BCUT2D eigenvalue weighted by Crippen LogP contribution is 2.27. The number of carbonyl (C=O) groups is 1. The third-order valence-electron chi connectivity index (χ3n) is 3.38. The molecule has 1 saturated heterocycles. The second-order valence-corrected chi connectivity index (χ2v) is 4.73. The predicted octanol–water partition coefficient (Wildman–Crippen LogP) is 1.54. The maximum absolute atomic E-state index is 11.8. The van der Waals surface area contributed by atoms with Gasteiger partial charge >= 0.3 is 0 Å². The fourth-order valence-corrected chi connectivity index (χ4v) is 2.26. The number of hydrogen-bond acceptors (Lipinski definition) is 4. The number of methoxy groups -OCH3 is 2. The highest BCUT2D eigenvalue weighted by Gasteiger charge is 2.22. The molecule has 0 radical (unpaired) electrons. The van der Waals surface area contributed by atoms with Crippen molar-refractivity contribution in [1.82, 2.24) is 5.32 Å². The van der Waals surface area contributed by atoms with E-state index in [1.807, 2.05) is 18.2 Å². The molecule has 5 nitrogen and oxygen atoms in total. The monoisotopic (exact) mass is 279 g/mol. The molecule has 2 rings (SSSR count). The molecule has 0 bridgehead atoms. The van der Waals surface area contributed by atoms with E-state index in [4.69, 9.17) is 14.2 Å². The smallest absolute Gasteiger partial charge is 0.249 e. The molecular weight excluding hydrogens is 258 g/mol. The van der Waals surface area contributed by atoms with Gasteiger partial charge in [0.15, 0.2) is 11.5 Å². The highest BCUT2D eigenvalue weighted by atomic mass is 16.5. The average molecular weight is 279 g/mol. The minimum Gasteiger partial charge on any atom is -0.493 e. The Morgan fingerprint density at radius 2 is 2.15 bits per heavy atom. The average Bonchev–Trinajstić information content (AvgIpc) is 3.01. The molecule has 20 heavy (non-hydrogen) atoms. The van der Waals surface area contributed by atoms with E-state index < -0.39 is 0 Å². The van der Waals surface area contributed by atoms with Crippen molar-refractivity contribution in [1.29, 1.82) is 0 Å². The van der Waals surface area contributed by atoms with Crippen molar-refractivity contribution < 1.29 is 19.0 Å². The lowest BCUT2D eigenvalue weighted by atomic mass is 10.1. The van der Waals surface area contributed by atoms with E-state index >= 15 is 0 Å². The van der Waals surface area contributed by atoms with Crippen molar-refractivity contribution in [2.45, 2.75) is 25.4 Å². The molecule has 1 aliphatic heterocycles. The van der Waals surface area contributed by atoms with Crippen LogP contribution in [-0.4, -0.2) is 39.4 Å². The van der Waals surface area contributed by atoms with E-state index in [1.54, 1.807) is 14.2 Å². The van der Waals surface area contributed by atoms with Crippen LogP contribution in [0.1, 0.15) is 18.4 Å². The number of hydrogen-bond donors (Lipinski definition) is 1. The van der Waals surface area contributed by atoms with Crippen LogP contribution < -0.4 is 14.8 Å². The summed E-state index contributed by atoms with van der Waals surface area (Å²) < 4.78 is 15.8. The van der Waals surface area contributed by atoms with Crippen LogP contribution in [0.3, 0.4) is 0 Å². The van der Waals surface area contributed by atoms with Crippen LogP contribution >= 0.6 is 0 Å². The van der Waals surface area contributed by atoms with Crippen LogP contribution in [0.15, 0.2) is 18.2 Å². The Morgan fingerprint density at radius 1 is 1.35 bits per heavy atom. The van der Waals surface area contributed by atoms with Gasteiger partial charge in [0.2, 0.25) is 5.91 Å². The number of benzene rings is 1. The summed E-state index contributed by atoms with van der Waals surface area (Å²) in [5.41, 5.74) is 1.09. The number of amides is 1. The summed E-state index contributed by atoms with van der Waals surface area (Å²) in [4.78, 5) is 11.8. The molecule has 1 amide bonds. The highest BCUT2D eigenvalue weighted by molar-refractivity contribution is 5.80. The van der Waals surface area contributed by atoms with Gasteiger partial charge in [0.05, 0.1) is 14.2 Å². The molecule has 1 unspecified atom stereocenters. The molecule has 1 aliphatic rings. The van der Waals surface area contributed by atoms with Crippen LogP contribution in [0.4, 0.5) is 0 Å². The first-order chi connectivity index (χ1) is 9.74. The quantitative estimate of drug-likeness (QED) is 0.858. The van der Waals surface area contributed by atoms with Crippen LogP contribution in [0.25, 0.3) is 0 Å². The Balaban J connectivity index is 1.83. The van der Waals surface area contributed by atoms with Crippen molar-refractivity contribution in [2.75, 3.05) is 27.4 Å². The fourth-order valence-electron chi connectivity index (χ4n) is 2.26. The largest absolute Gasteiger partial charge is 0.493 e. The van der Waals surface area contributed by atoms with Crippen molar-refractivity contribution in [3.05, 3.63) is 23.8 Å². The molecule has 1 fully saturated rings. The van der Waals surface area contributed by atoms with Gasteiger partial charge in [-0.1, -0.05) is 6.07 Å². The Bertz CT molecular complexity index is 455. The maximum Gasteiger partial charge on any atom is 0.249 e. The van der Waals surface area contributed by atoms with E-state index in [0.29, 0.717) is 24.7 Å². The molecule has 110 valence electrons. The van der Waals surface area contributed by atoms with E-state index in [-0.39, 0.29) is 12.0 Å². The minimum atomic E-state index is -0.264. The lowest BCUT2D eigenvalue weighted by Gasteiger charge is -2.12. The lowest BCUT2D eigenvalue weighted by Crippen LogP contribution is -2.35. The van der Waals surface area contributed by atoms with Gasteiger partial charge in [-0.25, -0.2) is 0 Å². The Morgan fingerprint density at radius 3 is 2.80 bits per heavy atom. The Labute approximate surface area is 119 Å².